The Kier molecular flexibility index (Phi) is 7.58. The molecule has 144 valence electrons. The number of alkyl carbamates (subject to hydrolysis) is 1. The summed E-state index contributed by atoms with van der Waals surface area (Å²) in [5.74, 6) is -1.78. The molecule has 0 aliphatic rings. The number of methoxy groups -OCH3 is 1. The van der Waals surface area contributed by atoms with Crippen molar-refractivity contribution in [3.63, 3.8) is 0 Å². The van der Waals surface area contributed by atoms with Crippen LogP contribution in [0.15, 0.2) is 60.7 Å². The summed E-state index contributed by atoms with van der Waals surface area (Å²) < 4.78 is 22.5. The third-order valence-electron chi connectivity index (χ3n) is 3.85. The molecule has 0 aromatic heterocycles. The molecule has 27 heavy (non-hydrogen) atoms. The topological polar surface area (TPSA) is 102 Å². The summed E-state index contributed by atoms with van der Waals surface area (Å²) in [6.07, 6.45) is -1.37. The Hall–Kier alpha value is -2.63. The van der Waals surface area contributed by atoms with Crippen LogP contribution in [0.4, 0.5) is 4.79 Å². The minimum Gasteiger partial charge on any atom is -0.469 e. The van der Waals surface area contributed by atoms with Crippen molar-refractivity contribution in [2.24, 2.45) is 0 Å². The van der Waals surface area contributed by atoms with E-state index in [1.807, 2.05) is 18.2 Å². The zero-order valence-corrected chi connectivity index (χ0v) is 15.8. The summed E-state index contributed by atoms with van der Waals surface area (Å²) in [5, 5.41) is 2.46. The van der Waals surface area contributed by atoms with E-state index in [1.165, 1.54) is 7.11 Å². The lowest BCUT2D eigenvalue weighted by atomic mass is 10.2. The number of esters is 1. The first-order chi connectivity index (χ1) is 12.9. The van der Waals surface area contributed by atoms with E-state index in [-0.39, 0.29) is 19.2 Å². The lowest BCUT2D eigenvalue weighted by Crippen LogP contribution is -2.30. The summed E-state index contributed by atoms with van der Waals surface area (Å²) in [6, 6.07) is 17.5. The highest BCUT2D eigenvalue weighted by Crippen LogP contribution is 2.54. The molecule has 0 spiro atoms. The normalized spacial score (nSPS) is 13.9. The molecule has 0 aliphatic carbocycles. The van der Waals surface area contributed by atoms with E-state index in [9.17, 15) is 19.0 Å². The molecule has 0 fully saturated rings. The summed E-state index contributed by atoms with van der Waals surface area (Å²) in [4.78, 5) is 34.0. The van der Waals surface area contributed by atoms with Crippen LogP contribution in [0.5, 0.6) is 0 Å². The van der Waals surface area contributed by atoms with E-state index in [2.05, 4.69) is 10.1 Å². The lowest BCUT2D eigenvalue weighted by Gasteiger charge is -2.24. The fourth-order valence-corrected chi connectivity index (χ4v) is 4.12. The molecule has 0 bridgehead atoms. The molecule has 2 N–H and O–H groups in total. The average Bonchev–Trinajstić information content (AvgIpc) is 2.70. The van der Waals surface area contributed by atoms with Gasteiger partial charge in [0.2, 0.25) is 7.37 Å². The van der Waals surface area contributed by atoms with Crippen molar-refractivity contribution >= 4 is 19.4 Å². The Labute approximate surface area is 157 Å². The number of hydrogen-bond donors (Lipinski definition) is 2. The Morgan fingerprint density at radius 3 is 2.26 bits per heavy atom. The maximum absolute atomic E-state index is 12.8. The number of hydrogen-bond acceptors (Lipinski definition) is 5. The van der Waals surface area contributed by atoms with Crippen molar-refractivity contribution in [1.82, 2.24) is 5.32 Å². The average molecular weight is 391 g/mol. The molecule has 1 amide bonds. The molecular weight excluding hydrogens is 369 g/mol. The quantitative estimate of drug-likeness (QED) is 0.528. The van der Waals surface area contributed by atoms with E-state index < -0.39 is 25.2 Å². The highest BCUT2D eigenvalue weighted by Gasteiger charge is 2.34. The predicted octanol–water partition coefficient (Wildman–Crippen LogP) is 3.45. The number of ether oxygens (including phenoxy) is 2. The minimum absolute atomic E-state index is 0.0338. The van der Waals surface area contributed by atoms with E-state index in [4.69, 9.17) is 4.74 Å². The van der Waals surface area contributed by atoms with Crippen molar-refractivity contribution in [2.45, 2.75) is 18.8 Å². The summed E-state index contributed by atoms with van der Waals surface area (Å²) in [7, 11) is -2.75. The minimum atomic E-state index is -3.95. The number of amides is 1. The Balaban J connectivity index is 2.09. The number of carbonyl (C=O) groups excluding carboxylic acids is 2. The van der Waals surface area contributed by atoms with Gasteiger partial charge in [0.15, 0.2) is 0 Å². The first kappa shape index (κ1) is 20.7. The first-order valence-electron chi connectivity index (χ1n) is 8.33. The summed E-state index contributed by atoms with van der Waals surface area (Å²) in [6.45, 7) is 0.0338. The van der Waals surface area contributed by atoms with Gasteiger partial charge in [-0.05, 0) is 11.1 Å². The number of rotatable bonds is 8. The van der Waals surface area contributed by atoms with Crippen LogP contribution >= 0.6 is 7.37 Å². The second kappa shape index (κ2) is 9.90. The fourth-order valence-electron chi connectivity index (χ4n) is 2.41. The van der Waals surface area contributed by atoms with E-state index in [0.29, 0.717) is 5.56 Å². The number of carbonyl (C=O) groups is 2. The van der Waals surface area contributed by atoms with Crippen LogP contribution in [0.25, 0.3) is 0 Å². The molecule has 2 atom stereocenters. The molecule has 2 aromatic rings. The van der Waals surface area contributed by atoms with E-state index in [0.717, 1.165) is 5.56 Å². The summed E-state index contributed by atoms with van der Waals surface area (Å²) >= 11 is 0. The molecule has 0 saturated carbocycles. The Morgan fingerprint density at radius 1 is 1.07 bits per heavy atom. The number of benzene rings is 2. The molecule has 1 unspecified atom stereocenters. The molecule has 2 aromatic carbocycles. The molecule has 8 heteroatoms. The Bertz CT molecular complexity index is 796. The van der Waals surface area contributed by atoms with Crippen LogP contribution in [0, 0.1) is 0 Å². The molecule has 0 aliphatic heterocycles. The number of nitrogens with one attached hydrogen (secondary N) is 1. The van der Waals surface area contributed by atoms with Gasteiger partial charge in [0.25, 0.3) is 0 Å². The van der Waals surface area contributed by atoms with Gasteiger partial charge in [0, 0.05) is 6.16 Å². The van der Waals surface area contributed by atoms with Gasteiger partial charge in [-0.3, -0.25) is 9.36 Å². The first-order valence-corrected chi connectivity index (χ1v) is 10.2. The molecule has 7 nitrogen and oxygen atoms in total. The van der Waals surface area contributed by atoms with Gasteiger partial charge in [-0.2, -0.15) is 0 Å². The monoisotopic (exact) mass is 391 g/mol. The molecular formula is C19H22NO6P. The van der Waals surface area contributed by atoms with Crippen molar-refractivity contribution < 1.29 is 28.5 Å². The lowest BCUT2D eigenvalue weighted by molar-refractivity contribution is -0.140. The zero-order chi connectivity index (χ0) is 19.7. The van der Waals surface area contributed by atoms with Gasteiger partial charge >= 0.3 is 12.1 Å². The van der Waals surface area contributed by atoms with Crippen molar-refractivity contribution in [3.8, 4) is 0 Å². The van der Waals surface area contributed by atoms with Gasteiger partial charge in [-0.1, -0.05) is 60.7 Å². The van der Waals surface area contributed by atoms with Crippen LogP contribution in [0.1, 0.15) is 23.3 Å². The van der Waals surface area contributed by atoms with Gasteiger partial charge in [0.05, 0.1) is 13.5 Å². The van der Waals surface area contributed by atoms with Gasteiger partial charge in [0.1, 0.15) is 12.4 Å². The third kappa shape index (κ3) is 6.55. The van der Waals surface area contributed by atoms with Crippen LogP contribution in [-0.4, -0.2) is 30.2 Å². The van der Waals surface area contributed by atoms with Gasteiger partial charge in [-0.25, -0.2) is 4.79 Å². The van der Waals surface area contributed by atoms with Gasteiger partial charge in [-0.15, -0.1) is 0 Å². The van der Waals surface area contributed by atoms with Crippen molar-refractivity contribution in [2.75, 3.05) is 13.3 Å². The Morgan fingerprint density at radius 2 is 1.67 bits per heavy atom. The summed E-state index contributed by atoms with van der Waals surface area (Å²) in [5.41, 5.74) is 1.24. The highest BCUT2D eigenvalue weighted by molar-refractivity contribution is 7.58. The van der Waals surface area contributed by atoms with E-state index >= 15 is 0 Å². The standard InChI is InChI=1S/C19H22NO6P/c1-25-17(21)12-13-27(23,24)18(16-10-6-3-7-11-16)20-19(22)26-14-15-8-4-2-5-9-15/h2-11,18H,12-14H2,1H3,(H,20,22)(H,23,24)/t18-/m0/s1. The van der Waals surface area contributed by atoms with Crippen LogP contribution in [0.2, 0.25) is 0 Å². The zero-order valence-electron chi connectivity index (χ0n) is 14.9. The second-order valence-corrected chi connectivity index (χ2v) is 8.30. The third-order valence-corrected chi connectivity index (χ3v) is 5.95. The van der Waals surface area contributed by atoms with Crippen LogP contribution < -0.4 is 5.32 Å². The smallest absolute Gasteiger partial charge is 0.408 e. The molecule has 0 radical (unpaired) electrons. The van der Waals surface area contributed by atoms with Crippen molar-refractivity contribution in [3.05, 3.63) is 71.8 Å². The SMILES string of the molecule is COC(=O)CCP(=O)(O)[C@H](NC(=O)OCc1ccccc1)c1ccccc1. The molecule has 0 saturated heterocycles. The molecule has 0 heterocycles. The van der Waals surface area contributed by atoms with Crippen molar-refractivity contribution in [1.29, 1.82) is 0 Å². The molecule has 2 rings (SSSR count). The predicted molar refractivity (Wildman–Crippen MR) is 100 cm³/mol. The van der Waals surface area contributed by atoms with E-state index in [1.54, 1.807) is 42.5 Å². The van der Waals surface area contributed by atoms with Crippen LogP contribution in [-0.2, 0) is 25.4 Å². The maximum atomic E-state index is 12.8. The fraction of sp³-hybridized carbons (Fsp3) is 0.263. The highest BCUT2D eigenvalue weighted by atomic mass is 31.2. The maximum Gasteiger partial charge on any atom is 0.408 e. The van der Waals surface area contributed by atoms with Crippen LogP contribution in [0.3, 0.4) is 0 Å². The largest absolute Gasteiger partial charge is 0.469 e. The second-order valence-electron chi connectivity index (χ2n) is 5.82. The van der Waals surface area contributed by atoms with Gasteiger partial charge < -0.3 is 19.7 Å².